The molecule has 2 aliphatic rings. The number of rotatable bonds is 6. The van der Waals surface area contributed by atoms with E-state index in [1.165, 1.54) is 9.80 Å². The molecule has 4 aromatic rings. The summed E-state index contributed by atoms with van der Waals surface area (Å²) in [5, 5.41) is 7.91. The number of carboxylic acid groups (broad SMARTS) is 1. The van der Waals surface area contributed by atoms with Gasteiger partial charge in [-0.1, -0.05) is 60.7 Å². The van der Waals surface area contributed by atoms with E-state index in [0.29, 0.717) is 30.0 Å². The van der Waals surface area contributed by atoms with E-state index in [0.717, 1.165) is 29.6 Å². The van der Waals surface area contributed by atoms with Crippen molar-refractivity contribution < 1.29 is 42.5 Å². The summed E-state index contributed by atoms with van der Waals surface area (Å²) in [7, 11) is 1.59. The maximum Gasteiger partial charge on any atom is 0.300 e. The van der Waals surface area contributed by atoms with E-state index in [2.05, 4.69) is 0 Å². The molecule has 13 heteroatoms. The number of furan rings is 2. The van der Waals surface area contributed by atoms with Crippen LogP contribution in [0.4, 0.5) is 0 Å². The van der Waals surface area contributed by atoms with Crippen LogP contribution in [0.2, 0.25) is 0 Å². The van der Waals surface area contributed by atoms with Gasteiger partial charge in [0.05, 0.1) is 7.11 Å². The minimum Gasteiger partial charge on any atom is -0.481 e. The van der Waals surface area contributed by atoms with E-state index < -0.39 is 5.97 Å². The molecule has 0 aliphatic carbocycles. The van der Waals surface area contributed by atoms with Crippen LogP contribution in [-0.4, -0.2) is 69.8 Å². The lowest BCUT2D eigenvalue weighted by molar-refractivity contribution is -0.134. The van der Waals surface area contributed by atoms with Crippen LogP contribution in [0.3, 0.4) is 0 Å². The normalized spacial score (nSPS) is 14.3. The van der Waals surface area contributed by atoms with Crippen LogP contribution in [0.25, 0.3) is 28.7 Å². The van der Waals surface area contributed by atoms with Crippen molar-refractivity contribution in [3.05, 3.63) is 96.4 Å². The van der Waals surface area contributed by atoms with Gasteiger partial charge < -0.3 is 28.2 Å². The second-order valence-electron chi connectivity index (χ2n) is 9.39. The Hall–Kier alpha value is -5.27. The first-order chi connectivity index (χ1) is 22.6. The van der Waals surface area contributed by atoms with Gasteiger partial charge in [0.15, 0.2) is 12.4 Å². The van der Waals surface area contributed by atoms with Crippen molar-refractivity contribution >= 4 is 58.6 Å². The number of nitrogens with zero attached hydrogens (tertiary/aromatic N) is 2. The number of methoxy groups -OCH3 is 1. The lowest BCUT2D eigenvalue weighted by atomic mass is 10.2. The lowest BCUT2D eigenvalue weighted by Gasteiger charge is -2.07. The summed E-state index contributed by atoms with van der Waals surface area (Å²) in [6.45, 7) is 6.00. The fraction of sp³-hybridized carbons (Fsp3) is 0.206. The molecule has 2 amide bonds. The van der Waals surface area contributed by atoms with Crippen molar-refractivity contribution in [2.75, 3.05) is 26.8 Å². The molecule has 2 aliphatic heterocycles. The highest BCUT2D eigenvalue weighted by molar-refractivity contribution is 7.80. The van der Waals surface area contributed by atoms with E-state index in [1.54, 1.807) is 19.3 Å². The third kappa shape index (κ3) is 10.7. The molecule has 0 atom stereocenters. The molecule has 0 spiro atoms. The summed E-state index contributed by atoms with van der Waals surface area (Å²) in [5.74, 6) is 1.75. The van der Waals surface area contributed by atoms with Crippen molar-refractivity contribution in [3.8, 4) is 28.6 Å². The van der Waals surface area contributed by atoms with Crippen molar-refractivity contribution in [1.82, 2.24) is 9.80 Å². The van der Waals surface area contributed by atoms with Crippen molar-refractivity contribution in [3.63, 3.8) is 0 Å². The molecule has 2 aromatic heterocycles. The molecular weight excluding hydrogens is 645 g/mol. The van der Waals surface area contributed by atoms with Crippen LogP contribution in [0.1, 0.15) is 26.5 Å². The largest absolute Gasteiger partial charge is 0.481 e. The van der Waals surface area contributed by atoms with E-state index in [4.69, 9.17) is 57.4 Å². The number of hydrogen-bond donors (Lipinski definition) is 1. The van der Waals surface area contributed by atoms with Crippen LogP contribution >= 0.6 is 24.4 Å². The molecule has 246 valence electrons. The number of ether oxygens (including phenoxy) is 3. The number of amides is 2. The molecule has 4 heterocycles. The van der Waals surface area contributed by atoms with E-state index >= 15 is 0 Å². The molecule has 2 fully saturated rings. The van der Waals surface area contributed by atoms with Crippen LogP contribution in [-0.2, 0) is 23.9 Å². The molecule has 1 N–H and O–H groups in total. The lowest BCUT2D eigenvalue weighted by Crippen LogP contribution is -2.28. The molecule has 11 nitrogen and oxygen atoms in total. The molecular formula is C34H34N2O9S2. The zero-order chi connectivity index (χ0) is 34.3. The van der Waals surface area contributed by atoms with Gasteiger partial charge in [0.25, 0.3) is 34.1 Å². The van der Waals surface area contributed by atoms with Gasteiger partial charge in [0.1, 0.15) is 17.3 Å². The predicted molar refractivity (Wildman–Crippen MR) is 183 cm³/mol. The minimum absolute atomic E-state index is 0.0394. The molecule has 0 unspecified atom stereocenters. The average molecular weight is 679 g/mol. The first-order valence-electron chi connectivity index (χ1n) is 14.3. The number of carboxylic acids is 1. The van der Waals surface area contributed by atoms with E-state index in [-0.39, 0.29) is 29.4 Å². The summed E-state index contributed by atoms with van der Waals surface area (Å²) in [5.41, 5.74) is 2.04. The van der Waals surface area contributed by atoms with Gasteiger partial charge in [0, 0.05) is 43.3 Å². The van der Waals surface area contributed by atoms with Crippen LogP contribution in [0.5, 0.6) is 5.95 Å². The Morgan fingerprint density at radius 2 is 1.36 bits per heavy atom. The molecule has 0 saturated carbocycles. The molecule has 2 aromatic carbocycles. The first-order valence-corrected chi connectivity index (χ1v) is 15.2. The summed E-state index contributed by atoms with van der Waals surface area (Å²) < 4.78 is 26.1. The van der Waals surface area contributed by atoms with E-state index in [1.807, 2.05) is 92.7 Å². The third-order valence-corrected chi connectivity index (χ3v) is 6.79. The number of carbonyl (C=O) groups excluding carboxylic acids is 2. The first kappa shape index (κ1) is 36.2. The Balaban J connectivity index is 0.000000196. The Kier molecular flexibility index (Phi) is 13.9. The second kappa shape index (κ2) is 18.0. The van der Waals surface area contributed by atoms with Gasteiger partial charge in [0.2, 0.25) is 0 Å². The Bertz CT molecular complexity index is 1680. The molecule has 47 heavy (non-hydrogen) atoms. The molecule has 0 radical (unpaired) electrons. The van der Waals surface area contributed by atoms with Crippen LogP contribution < -0.4 is 4.74 Å². The zero-order valence-electron chi connectivity index (χ0n) is 26.2. The number of carbonyl (C=O) groups is 3. The van der Waals surface area contributed by atoms with Gasteiger partial charge in [-0.25, -0.2) is 0 Å². The highest BCUT2D eigenvalue weighted by atomic mass is 32.1. The number of benzene rings is 2. The van der Waals surface area contributed by atoms with Crippen molar-refractivity contribution in [2.45, 2.75) is 20.8 Å². The Morgan fingerprint density at radius 3 is 1.79 bits per heavy atom. The number of aliphatic carboxylic acids is 1. The monoisotopic (exact) mass is 678 g/mol. The van der Waals surface area contributed by atoms with Gasteiger partial charge >= 0.3 is 0 Å². The highest BCUT2D eigenvalue weighted by Gasteiger charge is 2.32. The Labute approximate surface area is 282 Å². The molecule has 2 saturated heterocycles. The van der Waals surface area contributed by atoms with Gasteiger partial charge in [-0.2, -0.15) is 0 Å². The van der Waals surface area contributed by atoms with E-state index in [9.17, 15) is 9.59 Å². The number of hydrogen-bond acceptors (Lipinski definition) is 10. The van der Waals surface area contributed by atoms with Crippen LogP contribution in [0.15, 0.2) is 99.5 Å². The fourth-order valence-corrected chi connectivity index (χ4v) is 4.56. The number of thiocarbonyl (C=S) groups is 2. The number of likely N-dealkylation sites (N-methyl/N-ethyl adjacent to an activating group) is 2. The summed E-state index contributed by atoms with van der Waals surface area (Å²) in [6, 6.07) is 27.0. The minimum atomic E-state index is -0.833. The zero-order valence-corrected chi connectivity index (χ0v) is 27.8. The second-order valence-corrected chi connectivity index (χ2v) is 10.1. The summed E-state index contributed by atoms with van der Waals surface area (Å²) in [4.78, 5) is 34.6. The summed E-state index contributed by atoms with van der Waals surface area (Å²) in [6.07, 6.45) is 1.57. The molecule has 0 bridgehead atoms. The van der Waals surface area contributed by atoms with Gasteiger partial charge in [-0.3, -0.25) is 24.2 Å². The van der Waals surface area contributed by atoms with Crippen molar-refractivity contribution in [1.29, 1.82) is 0 Å². The quantitative estimate of drug-likeness (QED) is 0.174. The SMILES string of the molecule is CC(=O)O.CCN1C(=O)/C(=C/c2ccc(-c3ccccc3)o2)OC1=S.CCN1C(=O)COC1=S.COc1ccc(-c2ccccc2)o1. The smallest absolute Gasteiger partial charge is 0.300 e. The fourth-order valence-electron chi connectivity index (χ4n) is 3.96. The Morgan fingerprint density at radius 1 is 0.830 bits per heavy atom. The third-order valence-electron chi connectivity index (χ3n) is 6.15. The maximum atomic E-state index is 12.0. The van der Waals surface area contributed by atoms with Crippen LogP contribution in [0, 0.1) is 0 Å². The molecule has 6 rings (SSSR count). The predicted octanol–water partition coefficient (Wildman–Crippen LogP) is 6.65. The standard InChI is InChI=1S/C16H13NO3S.C11H10O2.C5H7NO2S.C2H4O2/c1-2-17-15(18)14(20-16(17)21)10-12-8-9-13(19-12)11-6-4-3-5-7-11;1-12-11-8-7-10(13-11)9-5-3-2-4-6-9;1-2-6-4(7)3-8-5(6)9;1-2(3)4/h3-10H,2H2,1H3;2-8H,1H3;2-3H2,1H3;1H3,(H,3,4)/b14-10-;;;. The maximum absolute atomic E-state index is 12.0. The topological polar surface area (TPSA) is 132 Å². The van der Waals surface area contributed by atoms with Gasteiger partial charge in [-0.05, 0) is 56.5 Å². The van der Waals surface area contributed by atoms with Crippen molar-refractivity contribution in [2.24, 2.45) is 0 Å². The summed E-state index contributed by atoms with van der Waals surface area (Å²) >= 11 is 9.70. The van der Waals surface area contributed by atoms with Gasteiger partial charge in [-0.15, -0.1) is 0 Å². The average Bonchev–Trinajstić information content (AvgIpc) is 3.86. The highest BCUT2D eigenvalue weighted by Crippen LogP contribution is 2.26.